The molecule has 1 aliphatic heterocycles. The van der Waals surface area contributed by atoms with E-state index in [1.54, 1.807) is 38.1 Å². The second-order valence-electron chi connectivity index (χ2n) is 8.71. The van der Waals surface area contributed by atoms with E-state index >= 15 is 0 Å². The number of fused-ring (bicyclic) bond motifs is 3. The minimum atomic E-state index is -0.602. The van der Waals surface area contributed by atoms with Crippen LogP contribution in [0.3, 0.4) is 0 Å². The molecule has 4 unspecified atom stereocenters. The average Bonchev–Trinajstić information content (AvgIpc) is 3.01. The molecule has 0 aromatic heterocycles. The van der Waals surface area contributed by atoms with Gasteiger partial charge in [-0.25, -0.2) is 0 Å². The van der Waals surface area contributed by atoms with Crippen molar-refractivity contribution in [3.8, 4) is 5.75 Å². The number of likely N-dealkylation sites (tertiary alicyclic amines) is 1. The predicted molar refractivity (Wildman–Crippen MR) is 112 cm³/mol. The number of aromatic hydroxyl groups is 1. The summed E-state index contributed by atoms with van der Waals surface area (Å²) in [4.78, 5) is 53.4. The summed E-state index contributed by atoms with van der Waals surface area (Å²) in [6.07, 6.45) is 4.00. The van der Waals surface area contributed by atoms with Gasteiger partial charge in [-0.15, -0.1) is 0 Å². The molecule has 0 saturated carbocycles. The minimum Gasteiger partial charge on any atom is -0.508 e. The Bertz CT molecular complexity index is 1150. The van der Waals surface area contributed by atoms with Gasteiger partial charge in [-0.2, -0.15) is 0 Å². The molecule has 4 atom stereocenters. The summed E-state index contributed by atoms with van der Waals surface area (Å²) < 4.78 is 0. The Balaban J connectivity index is 1.72. The lowest BCUT2D eigenvalue weighted by atomic mass is 9.59. The van der Waals surface area contributed by atoms with E-state index in [9.17, 15) is 24.3 Å². The number of rotatable bonds is 2. The lowest BCUT2D eigenvalue weighted by Gasteiger charge is -2.42. The fourth-order valence-electron chi connectivity index (χ4n) is 5.85. The Kier molecular flexibility index (Phi) is 4.36. The van der Waals surface area contributed by atoms with Gasteiger partial charge >= 0.3 is 0 Å². The maximum atomic E-state index is 13.2. The highest BCUT2D eigenvalue weighted by molar-refractivity contribution is 6.23. The average molecular weight is 417 g/mol. The van der Waals surface area contributed by atoms with Crippen LogP contribution < -0.4 is 0 Å². The molecule has 31 heavy (non-hydrogen) atoms. The number of allylic oxidation sites excluding steroid dienone is 6. The molecule has 5 rings (SSSR count). The van der Waals surface area contributed by atoms with Crippen molar-refractivity contribution in [1.29, 1.82) is 0 Å². The number of hydrogen-bond acceptors (Lipinski definition) is 5. The van der Waals surface area contributed by atoms with Crippen molar-refractivity contribution in [3.63, 3.8) is 0 Å². The first-order chi connectivity index (χ1) is 14.8. The van der Waals surface area contributed by atoms with Gasteiger partial charge in [0, 0.05) is 34.7 Å². The van der Waals surface area contributed by atoms with Gasteiger partial charge in [-0.05, 0) is 44.7 Å². The zero-order valence-corrected chi connectivity index (χ0v) is 17.4. The first kappa shape index (κ1) is 19.7. The first-order valence-electron chi connectivity index (χ1n) is 10.7. The number of para-hydroxylation sites is 1. The normalized spacial score (nSPS) is 30.1. The van der Waals surface area contributed by atoms with E-state index in [1.165, 1.54) is 11.0 Å². The SMILES string of the molecule is CCN1C(=O)C2CC=C3C(c4ccccc4O)C4=C(CC3C2C1=O)C(=O)C(C)=CC4=O. The van der Waals surface area contributed by atoms with Crippen LogP contribution in [0, 0.1) is 17.8 Å². The Hall–Kier alpha value is -3.28. The lowest BCUT2D eigenvalue weighted by Crippen LogP contribution is -2.39. The molecular weight excluding hydrogens is 394 g/mol. The minimum absolute atomic E-state index is 0.0403. The predicted octanol–water partition coefficient (Wildman–Crippen LogP) is 2.84. The van der Waals surface area contributed by atoms with E-state index in [4.69, 9.17) is 0 Å². The van der Waals surface area contributed by atoms with Gasteiger partial charge in [-0.3, -0.25) is 24.1 Å². The number of phenolic OH excluding ortho intramolecular Hbond substituents is 1. The van der Waals surface area contributed by atoms with Crippen LogP contribution in [0.4, 0.5) is 0 Å². The summed E-state index contributed by atoms with van der Waals surface area (Å²) in [6.45, 7) is 3.73. The van der Waals surface area contributed by atoms with Crippen molar-refractivity contribution in [2.24, 2.45) is 17.8 Å². The third kappa shape index (κ3) is 2.63. The summed E-state index contributed by atoms with van der Waals surface area (Å²) in [5.74, 6) is -2.66. The zero-order valence-electron chi connectivity index (χ0n) is 17.4. The molecule has 4 aliphatic rings. The number of ketones is 2. The van der Waals surface area contributed by atoms with Crippen LogP contribution in [0.2, 0.25) is 0 Å². The van der Waals surface area contributed by atoms with E-state index in [0.29, 0.717) is 35.2 Å². The monoisotopic (exact) mass is 417 g/mol. The number of imide groups is 1. The number of Topliss-reactive ketones (excluding diaryl/α,β-unsaturated/α-hetero) is 1. The van der Waals surface area contributed by atoms with Crippen molar-refractivity contribution in [1.82, 2.24) is 4.90 Å². The third-order valence-corrected chi connectivity index (χ3v) is 7.22. The quantitative estimate of drug-likeness (QED) is 0.454. The van der Waals surface area contributed by atoms with E-state index in [2.05, 4.69) is 0 Å². The van der Waals surface area contributed by atoms with Gasteiger partial charge in [-0.1, -0.05) is 29.8 Å². The highest BCUT2D eigenvalue weighted by Crippen LogP contribution is 2.55. The van der Waals surface area contributed by atoms with E-state index in [0.717, 1.165) is 5.57 Å². The Morgan fingerprint density at radius 1 is 1.06 bits per heavy atom. The van der Waals surface area contributed by atoms with E-state index in [1.807, 2.05) is 6.08 Å². The van der Waals surface area contributed by atoms with Crippen molar-refractivity contribution in [2.75, 3.05) is 6.54 Å². The fraction of sp³-hybridized carbons (Fsp3) is 0.360. The lowest BCUT2D eigenvalue weighted by molar-refractivity contribution is -0.139. The molecular formula is C25H23NO5. The van der Waals surface area contributed by atoms with Gasteiger partial charge < -0.3 is 5.11 Å². The number of benzene rings is 1. The second-order valence-corrected chi connectivity index (χ2v) is 8.71. The van der Waals surface area contributed by atoms with Crippen molar-refractivity contribution in [2.45, 2.75) is 32.6 Å². The molecule has 1 aromatic carbocycles. The second kappa shape index (κ2) is 6.87. The number of nitrogens with zero attached hydrogens (tertiary/aromatic N) is 1. The molecule has 2 amide bonds. The Morgan fingerprint density at radius 2 is 1.81 bits per heavy atom. The summed E-state index contributed by atoms with van der Waals surface area (Å²) in [5.41, 5.74) is 2.58. The number of carbonyl (C=O) groups is 4. The van der Waals surface area contributed by atoms with Crippen molar-refractivity contribution < 1.29 is 24.3 Å². The van der Waals surface area contributed by atoms with Gasteiger partial charge in [0.05, 0.1) is 11.8 Å². The van der Waals surface area contributed by atoms with Crippen molar-refractivity contribution >= 4 is 23.4 Å². The molecule has 1 aromatic rings. The largest absolute Gasteiger partial charge is 0.508 e. The standard InChI is InChI=1S/C25H23NO5/c1-3-26-24(30)15-9-8-13-16(21(15)25(26)31)11-17-22(19(28)10-12(2)23(17)29)20(13)14-6-4-5-7-18(14)27/h4-8,10,15-16,20-21,27H,3,9,11H2,1-2H3. The number of phenols is 1. The molecule has 6 heteroatoms. The highest BCUT2D eigenvalue weighted by atomic mass is 16.3. The van der Waals surface area contributed by atoms with E-state index in [-0.39, 0.29) is 41.5 Å². The van der Waals surface area contributed by atoms with Crippen LogP contribution in [0.15, 0.2) is 58.7 Å². The third-order valence-electron chi connectivity index (χ3n) is 7.22. The fourth-order valence-corrected chi connectivity index (χ4v) is 5.85. The van der Waals surface area contributed by atoms with Crippen LogP contribution in [0.1, 0.15) is 38.2 Å². The molecule has 3 aliphatic carbocycles. The van der Waals surface area contributed by atoms with Crippen LogP contribution in [0.5, 0.6) is 5.75 Å². The molecule has 0 bridgehead atoms. The molecule has 0 radical (unpaired) electrons. The van der Waals surface area contributed by atoms with Crippen molar-refractivity contribution in [3.05, 3.63) is 64.3 Å². The molecule has 1 saturated heterocycles. The summed E-state index contributed by atoms with van der Waals surface area (Å²) in [6, 6.07) is 6.80. The smallest absolute Gasteiger partial charge is 0.233 e. The van der Waals surface area contributed by atoms with E-state index < -0.39 is 17.8 Å². The van der Waals surface area contributed by atoms with Crippen LogP contribution >= 0.6 is 0 Å². The molecule has 1 N–H and O–H groups in total. The first-order valence-corrected chi connectivity index (χ1v) is 10.7. The van der Waals surface area contributed by atoms with Crippen LogP contribution in [-0.4, -0.2) is 39.9 Å². The molecule has 158 valence electrons. The van der Waals surface area contributed by atoms with Gasteiger partial charge in [0.15, 0.2) is 11.6 Å². The zero-order chi connectivity index (χ0) is 22.0. The van der Waals surface area contributed by atoms with Gasteiger partial charge in [0.25, 0.3) is 0 Å². The summed E-state index contributed by atoms with van der Waals surface area (Å²) >= 11 is 0. The molecule has 1 fully saturated rings. The van der Waals surface area contributed by atoms with Crippen LogP contribution in [0.25, 0.3) is 0 Å². The Morgan fingerprint density at radius 3 is 2.52 bits per heavy atom. The maximum absolute atomic E-state index is 13.2. The number of amides is 2. The highest BCUT2D eigenvalue weighted by Gasteiger charge is 2.56. The molecule has 0 spiro atoms. The molecule has 6 nitrogen and oxygen atoms in total. The number of hydrogen-bond donors (Lipinski definition) is 1. The maximum Gasteiger partial charge on any atom is 0.233 e. The van der Waals surface area contributed by atoms with Gasteiger partial charge in [0.2, 0.25) is 11.8 Å². The molecule has 1 heterocycles. The topological polar surface area (TPSA) is 91.8 Å². The van der Waals surface area contributed by atoms with Gasteiger partial charge in [0.1, 0.15) is 5.75 Å². The summed E-state index contributed by atoms with van der Waals surface area (Å²) in [7, 11) is 0. The Labute approximate surface area is 179 Å². The number of carbonyl (C=O) groups excluding carboxylic acids is 4. The van der Waals surface area contributed by atoms with Crippen LogP contribution in [-0.2, 0) is 19.2 Å². The summed E-state index contributed by atoms with van der Waals surface area (Å²) in [5, 5.41) is 10.6.